The minimum absolute atomic E-state index is 0.0241. The Bertz CT molecular complexity index is 433. The van der Waals surface area contributed by atoms with Gasteiger partial charge in [-0.05, 0) is 36.3 Å². The number of halogens is 1. The molecule has 0 saturated heterocycles. The van der Waals surface area contributed by atoms with Gasteiger partial charge in [-0.1, -0.05) is 30.7 Å². The van der Waals surface area contributed by atoms with Crippen molar-refractivity contribution in [2.45, 2.75) is 25.8 Å². The minimum Gasteiger partial charge on any atom is -0.394 e. The normalized spacial score (nSPS) is 11.7. The van der Waals surface area contributed by atoms with Gasteiger partial charge in [-0.25, -0.2) is 0 Å². The monoisotopic (exact) mass is 300 g/mol. The third-order valence-electron chi connectivity index (χ3n) is 2.58. The molecule has 4 nitrogen and oxygen atoms in total. The van der Waals surface area contributed by atoms with Gasteiger partial charge < -0.3 is 15.7 Å². The van der Waals surface area contributed by atoms with Gasteiger partial charge in [0.2, 0.25) is 5.91 Å². The van der Waals surface area contributed by atoms with Gasteiger partial charge in [0.05, 0.1) is 19.1 Å². The first-order valence-electron chi connectivity index (χ1n) is 6.00. The van der Waals surface area contributed by atoms with Crippen LogP contribution in [0.25, 0.3) is 0 Å². The van der Waals surface area contributed by atoms with Crippen LogP contribution in [0.15, 0.2) is 24.3 Å². The lowest BCUT2D eigenvalue weighted by Crippen LogP contribution is -2.45. The Hall–Kier alpha value is -1.17. The second-order valence-corrected chi connectivity index (χ2v) is 4.96. The zero-order valence-corrected chi connectivity index (χ0v) is 12.2. The lowest BCUT2D eigenvalue weighted by molar-refractivity contribution is -0.119. The second-order valence-electron chi connectivity index (χ2n) is 4.11. The Kier molecular flexibility index (Phi) is 6.77. The van der Waals surface area contributed by atoms with E-state index in [9.17, 15) is 4.79 Å². The minimum atomic E-state index is -0.201. The Labute approximate surface area is 123 Å². The van der Waals surface area contributed by atoms with Crippen molar-refractivity contribution < 1.29 is 9.90 Å². The van der Waals surface area contributed by atoms with Crippen molar-refractivity contribution in [1.82, 2.24) is 10.6 Å². The number of carbonyl (C=O) groups is 1. The van der Waals surface area contributed by atoms with E-state index in [4.69, 9.17) is 28.9 Å². The van der Waals surface area contributed by atoms with Crippen LogP contribution in [0.5, 0.6) is 0 Å². The highest BCUT2D eigenvalue weighted by atomic mass is 35.5. The van der Waals surface area contributed by atoms with Crippen LogP contribution in [0, 0.1) is 0 Å². The van der Waals surface area contributed by atoms with Gasteiger partial charge in [-0.15, -0.1) is 0 Å². The molecule has 0 bridgehead atoms. The highest BCUT2D eigenvalue weighted by Gasteiger charge is 2.09. The van der Waals surface area contributed by atoms with E-state index in [-0.39, 0.29) is 30.1 Å². The van der Waals surface area contributed by atoms with Crippen LogP contribution in [0.1, 0.15) is 18.9 Å². The highest BCUT2D eigenvalue weighted by Crippen LogP contribution is 2.09. The zero-order valence-electron chi connectivity index (χ0n) is 10.6. The molecule has 3 N–H and O–H groups in total. The van der Waals surface area contributed by atoms with Gasteiger partial charge >= 0.3 is 0 Å². The molecule has 1 amide bonds. The third-order valence-corrected chi connectivity index (χ3v) is 3.05. The Morgan fingerprint density at radius 3 is 2.58 bits per heavy atom. The molecule has 0 aliphatic heterocycles. The molecule has 0 aromatic heterocycles. The van der Waals surface area contributed by atoms with Crippen molar-refractivity contribution in [3.05, 3.63) is 34.9 Å². The van der Waals surface area contributed by atoms with Crippen molar-refractivity contribution in [3.63, 3.8) is 0 Å². The van der Waals surface area contributed by atoms with E-state index in [0.717, 1.165) is 12.0 Å². The number of benzene rings is 1. The van der Waals surface area contributed by atoms with E-state index in [1.54, 1.807) is 24.3 Å². The van der Waals surface area contributed by atoms with E-state index in [2.05, 4.69) is 10.6 Å². The van der Waals surface area contributed by atoms with Crippen LogP contribution in [-0.2, 0) is 11.2 Å². The summed E-state index contributed by atoms with van der Waals surface area (Å²) >= 11 is 10.8. The predicted octanol–water partition coefficient (Wildman–Crippen LogP) is 1.64. The summed E-state index contributed by atoms with van der Waals surface area (Å²) in [5.74, 6) is -0.201. The standard InChI is InChI=1S/C13H17ClN2O2S/c1-2-11(8-17)15-13(19)16-12(18)7-9-3-5-10(14)6-4-9/h3-6,11,17H,2,7-8H2,1H3,(H2,15,16,18,19). The number of thiocarbonyl (C=S) groups is 1. The lowest BCUT2D eigenvalue weighted by Gasteiger charge is -2.16. The molecule has 104 valence electrons. The van der Waals surface area contributed by atoms with Crippen LogP contribution in [-0.4, -0.2) is 28.8 Å². The fraction of sp³-hybridized carbons (Fsp3) is 0.385. The molecule has 1 aromatic rings. The number of amides is 1. The molecule has 0 heterocycles. The van der Waals surface area contributed by atoms with Crippen LogP contribution in [0.4, 0.5) is 0 Å². The molecular weight excluding hydrogens is 284 g/mol. The fourth-order valence-electron chi connectivity index (χ4n) is 1.46. The number of aliphatic hydroxyl groups is 1. The number of nitrogens with one attached hydrogen (secondary N) is 2. The molecule has 0 fully saturated rings. The van der Waals surface area contributed by atoms with Crippen molar-refractivity contribution in [3.8, 4) is 0 Å². The molecular formula is C13H17ClN2O2S. The summed E-state index contributed by atoms with van der Waals surface area (Å²) in [5.41, 5.74) is 0.860. The summed E-state index contributed by atoms with van der Waals surface area (Å²) in [6.07, 6.45) is 0.957. The summed E-state index contributed by atoms with van der Waals surface area (Å²) in [5, 5.41) is 15.3. The van der Waals surface area contributed by atoms with Crippen molar-refractivity contribution >= 4 is 34.8 Å². The Balaban J connectivity index is 2.42. The molecule has 0 saturated carbocycles. The summed E-state index contributed by atoms with van der Waals surface area (Å²) in [6.45, 7) is 1.90. The summed E-state index contributed by atoms with van der Waals surface area (Å²) in [4.78, 5) is 11.7. The average Bonchev–Trinajstić information content (AvgIpc) is 2.38. The van der Waals surface area contributed by atoms with Crippen LogP contribution >= 0.6 is 23.8 Å². The van der Waals surface area contributed by atoms with Crippen molar-refractivity contribution in [1.29, 1.82) is 0 Å². The van der Waals surface area contributed by atoms with Crippen LogP contribution < -0.4 is 10.6 Å². The molecule has 0 radical (unpaired) electrons. The lowest BCUT2D eigenvalue weighted by atomic mass is 10.1. The van der Waals surface area contributed by atoms with Crippen molar-refractivity contribution in [2.75, 3.05) is 6.61 Å². The summed E-state index contributed by atoms with van der Waals surface area (Å²) in [7, 11) is 0. The van der Waals surface area contributed by atoms with Crippen LogP contribution in [0.2, 0.25) is 5.02 Å². The number of hydrogen-bond acceptors (Lipinski definition) is 3. The molecule has 0 spiro atoms. The summed E-state index contributed by atoms with van der Waals surface area (Å²) in [6, 6.07) is 6.92. The van der Waals surface area contributed by atoms with E-state index < -0.39 is 0 Å². The molecule has 19 heavy (non-hydrogen) atoms. The van der Waals surface area contributed by atoms with E-state index in [0.29, 0.717) is 5.02 Å². The van der Waals surface area contributed by atoms with Gasteiger partial charge in [0, 0.05) is 5.02 Å². The van der Waals surface area contributed by atoms with Gasteiger partial charge in [-0.3, -0.25) is 4.79 Å². The van der Waals surface area contributed by atoms with Gasteiger partial charge in [-0.2, -0.15) is 0 Å². The zero-order chi connectivity index (χ0) is 14.3. The highest BCUT2D eigenvalue weighted by molar-refractivity contribution is 7.80. The maximum Gasteiger partial charge on any atom is 0.230 e. The van der Waals surface area contributed by atoms with E-state index in [1.165, 1.54) is 0 Å². The fourth-order valence-corrected chi connectivity index (χ4v) is 1.86. The van der Waals surface area contributed by atoms with Gasteiger partial charge in [0.15, 0.2) is 5.11 Å². The molecule has 1 aromatic carbocycles. The topological polar surface area (TPSA) is 61.4 Å². The maximum absolute atomic E-state index is 11.7. The summed E-state index contributed by atoms with van der Waals surface area (Å²) < 4.78 is 0. The molecule has 6 heteroatoms. The number of carbonyl (C=O) groups excluding carboxylic acids is 1. The molecule has 0 aliphatic rings. The van der Waals surface area contributed by atoms with E-state index in [1.807, 2.05) is 6.92 Å². The maximum atomic E-state index is 11.7. The molecule has 1 atom stereocenters. The van der Waals surface area contributed by atoms with Gasteiger partial charge in [0.1, 0.15) is 0 Å². The Morgan fingerprint density at radius 2 is 2.05 bits per heavy atom. The number of rotatable bonds is 5. The van der Waals surface area contributed by atoms with Crippen molar-refractivity contribution in [2.24, 2.45) is 0 Å². The second kappa shape index (κ2) is 8.09. The predicted molar refractivity (Wildman–Crippen MR) is 80.2 cm³/mol. The number of aliphatic hydroxyl groups excluding tert-OH is 1. The first kappa shape index (κ1) is 15.9. The molecule has 1 unspecified atom stereocenters. The first-order valence-corrected chi connectivity index (χ1v) is 6.79. The number of hydrogen-bond donors (Lipinski definition) is 3. The SMILES string of the molecule is CCC(CO)NC(=S)NC(=O)Cc1ccc(Cl)cc1. The van der Waals surface area contributed by atoms with Crippen LogP contribution in [0.3, 0.4) is 0 Å². The van der Waals surface area contributed by atoms with Gasteiger partial charge in [0.25, 0.3) is 0 Å². The quantitative estimate of drug-likeness (QED) is 0.724. The average molecular weight is 301 g/mol. The molecule has 0 aliphatic carbocycles. The Morgan fingerprint density at radius 1 is 1.42 bits per heavy atom. The third kappa shape index (κ3) is 6.00. The smallest absolute Gasteiger partial charge is 0.230 e. The largest absolute Gasteiger partial charge is 0.394 e. The first-order chi connectivity index (χ1) is 9.05. The molecule has 1 rings (SSSR count). The van der Waals surface area contributed by atoms with E-state index >= 15 is 0 Å².